The van der Waals surface area contributed by atoms with Gasteiger partial charge in [-0.1, -0.05) is 0 Å². The zero-order valence-corrected chi connectivity index (χ0v) is 14.5. The van der Waals surface area contributed by atoms with Gasteiger partial charge >= 0.3 is 5.97 Å². The Labute approximate surface area is 147 Å². The summed E-state index contributed by atoms with van der Waals surface area (Å²) in [6, 6.07) is 6.86. The molecule has 1 heterocycles. The summed E-state index contributed by atoms with van der Waals surface area (Å²) in [4.78, 5) is 23.8. The second-order valence-electron chi connectivity index (χ2n) is 6.74. The molecule has 6 nitrogen and oxygen atoms in total. The number of nitrogens with one attached hydrogen (secondary N) is 1. The van der Waals surface area contributed by atoms with E-state index in [1.807, 2.05) is 6.92 Å². The lowest BCUT2D eigenvalue weighted by atomic mass is 10.2. The first-order valence-electron chi connectivity index (χ1n) is 8.93. The third kappa shape index (κ3) is 5.46. The molecule has 0 aromatic heterocycles. The lowest BCUT2D eigenvalue weighted by molar-refractivity contribution is -0.124. The smallest absolute Gasteiger partial charge is 0.338 e. The first-order chi connectivity index (χ1) is 12.1. The maximum Gasteiger partial charge on any atom is 0.338 e. The fourth-order valence-electron chi connectivity index (χ4n) is 2.88. The summed E-state index contributed by atoms with van der Waals surface area (Å²) in [5.41, 5.74) is 0.396. The lowest BCUT2D eigenvalue weighted by Crippen LogP contribution is -2.37. The monoisotopic (exact) mass is 347 g/mol. The second-order valence-corrected chi connectivity index (χ2v) is 6.74. The topological polar surface area (TPSA) is 73.9 Å². The Hall–Kier alpha value is -2.08. The Morgan fingerprint density at radius 1 is 1.24 bits per heavy atom. The van der Waals surface area contributed by atoms with Gasteiger partial charge in [0.2, 0.25) is 0 Å². The molecule has 0 unspecified atom stereocenters. The van der Waals surface area contributed by atoms with E-state index < -0.39 is 5.97 Å². The number of esters is 1. The van der Waals surface area contributed by atoms with Crippen LogP contribution in [0.3, 0.4) is 0 Å². The van der Waals surface area contributed by atoms with E-state index in [-0.39, 0.29) is 24.7 Å². The predicted octanol–water partition coefficient (Wildman–Crippen LogP) is 2.32. The van der Waals surface area contributed by atoms with Gasteiger partial charge in [-0.15, -0.1) is 0 Å². The molecule has 0 bridgehead atoms. The number of hydrogen-bond acceptors (Lipinski definition) is 5. The van der Waals surface area contributed by atoms with Crippen LogP contribution in [0.25, 0.3) is 0 Å². The van der Waals surface area contributed by atoms with Crippen LogP contribution in [-0.2, 0) is 14.3 Å². The van der Waals surface area contributed by atoms with Crippen molar-refractivity contribution >= 4 is 11.9 Å². The summed E-state index contributed by atoms with van der Waals surface area (Å²) in [7, 11) is 0. The number of rotatable bonds is 8. The van der Waals surface area contributed by atoms with Crippen LogP contribution in [0.1, 0.15) is 43.0 Å². The first-order valence-corrected chi connectivity index (χ1v) is 8.93. The van der Waals surface area contributed by atoms with E-state index in [0.29, 0.717) is 23.8 Å². The Balaban J connectivity index is 1.39. The molecule has 0 radical (unpaired) electrons. The molecule has 1 amide bonds. The third-order valence-corrected chi connectivity index (χ3v) is 4.60. The molecule has 1 aliphatic carbocycles. The van der Waals surface area contributed by atoms with E-state index in [2.05, 4.69) is 5.32 Å². The normalized spacial score (nSPS) is 20.8. The maximum absolute atomic E-state index is 12.0. The highest BCUT2D eigenvalue weighted by molar-refractivity contribution is 5.91. The Morgan fingerprint density at radius 3 is 2.64 bits per heavy atom. The molecular formula is C19H25NO5. The van der Waals surface area contributed by atoms with Crippen molar-refractivity contribution in [2.24, 2.45) is 5.92 Å². The van der Waals surface area contributed by atoms with Crippen molar-refractivity contribution in [3.05, 3.63) is 29.8 Å². The fourth-order valence-corrected chi connectivity index (χ4v) is 2.88. The highest BCUT2D eigenvalue weighted by Crippen LogP contribution is 2.32. The number of carbonyl (C=O) groups is 2. The number of amides is 1. The summed E-state index contributed by atoms with van der Waals surface area (Å²) in [6.45, 7) is 3.04. The van der Waals surface area contributed by atoms with Crippen molar-refractivity contribution in [1.29, 1.82) is 0 Å². The number of hydrogen-bond donors (Lipinski definition) is 1. The number of ether oxygens (including phenoxy) is 3. The van der Waals surface area contributed by atoms with Gasteiger partial charge in [-0.25, -0.2) is 4.79 Å². The van der Waals surface area contributed by atoms with E-state index in [4.69, 9.17) is 14.2 Å². The molecule has 136 valence electrons. The van der Waals surface area contributed by atoms with Crippen molar-refractivity contribution in [2.75, 3.05) is 19.8 Å². The highest BCUT2D eigenvalue weighted by atomic mass is 16.5. The minimum absolute atomic E-state index is 0.145. The lowest BCUT2D eigenvalue weighted by Gasteiger charge is -2.13. The van der Waals surface area contributed by atoms with Crippen molar-refractivity contribution in [2.45, 2.75) is 44.8 Å². The molecule has 2 aliphatic rings. The molecule has 2 fully saturated rings. The fraction of sp³-hybridized carbons (Fsp3) is 0.579. The molecule has 1 aromatic carbocycles. The molecular weight excluding hydrogens is 322 g/mol. The van der Waals surface area contributed by atoms with E-state index in [1.54, 1.807) is 24.3 Å². The minimum Gasteiger partial charge on any atom is -0.491 e. The summed E-state index contributed by atoms with van der Waals surface area (Å²) < 4.78 is 16.2. The van der Waals surface area contributed by atoms with Gasteiger partial charge in [0.1, 0.15) is 12.4 Å². The minimum atomic E-state index is -0.514. The molecule has 1 N–H and O–H groups in total. The van der Waals surface area contributed by atoms with Crippen molar-refractivity contribution < 1.29 is 23.8 Å². The molecule has 1 aromatic rings. The van der Waals surface area contributed by atoms with Crippen LogP contribution in [0.15, 0.2) is 24.3 Å². The maximum atomic E-state index is 12.0. The molecule has 0 spiro atoms. The number of carbonyl (C=O) groups excluding carboxylic acids is 2. The summed E-state index contributed by atoms with van der Waals surface area (Å²) in [5, 5.41) is 2.85. The van der Waals surface area contributed by atoms with Gasteiger partial charge in [0, 0.05) is 12.6 Å². The van der Waals surface area contributed by atoms with Crippen molar-refractivity contribution in [3.63, 3.8) is 0 Å². The van der Waals surface area contributed by atoms with Crippen LogP contribution < -0.4 is 10.1 Å². The van der Waals surface area contributed by atoms with Gasteiger partial charge in [-0.2, -0.15) is 0 Å². The molecule has 1 saturated carbocycles. The third-order valence-electron chi connectivity index (χ3n) is 4.60. The SMILES string of the molecule is C[C@H](NC(=O)COC(=O)c1ccc(OC[C@@H]2CCCO2)cc1)C1CC1. The number of benzene rings is 1. The van der Waals surface area contributed by atoms with Gasteiger partial charge in [-0.05, 0) is 62.8 Å². The first kappa shape index (κ1) is 17.7. The zero-order chi connectivity index (χ0) is 17.6. The Morgan fingerprint density at radius 2 is 2.00 bits per heavy atom. The van der Waals surface area contributed by atoms with Crippen LogP contribution in [0, 0.1) is 5.92 Å². The summed E-state index contributed by atoms with van der Waals surface area (Å²) >= 11 is 0. The summed E-state index contributed by atoms with van der Waals surface area (Å²) in [5.74, 6) is 0.481. The van der Waals surface area contributed by atoms with Crippen LogP contribution in [0.2, 0.25) is 0 Å². The van der Waals surface area contributed by atoms with E-state index >= 15 is 0 Å². The zero-order valence-electron chi connectivity index (χ0n) is 14.5. The molecule has 1 aliphatic heterocycles. The van der Waals surface area contributed by atoms with Gasteiger partial charge in [0.05, 0.1) is 11.7 Å². The van der Waals surface area contributed by atoms with Crippen LogP contribution >= 0.6 is 0 Å². The largest absolute Gasteiger partial charge is 0.491 e. The van der Waals surface area contributed by atoms with E-state index in [1.165, 1.54) is 0 Å². The average molecular weight is 347 g/mol. The van der Waals surface area contributed by atoms with Crippen molar-refractivity contribution in [3.8, 4) is 5.75 Å². The standard InChI is InChI=1S/C19H25NO5/c1-13(14-4-5-14)20-18(21)12-25-19(22)15-6-8-16(9-7-15)24-11-17-3-2-10-23-17/h6-9,13-14,17H,2-5,10-12H2,1H3,(H,20,21)/t13-,17-/m0/s1. The predicted molar refractivity (Wildman–Crippen MR) is 91.5 cm³/mol. The van der Waals surface area contributed by atoms with Crippen LogP contribution in [0.5, 0.6) is 5.75 Å². The molecule has 6 heteroatoms. The quantitative estimate of drug-likeness (QED) is 0.731. The van der Waals surface area contributed by atoms with Gasteiger partial charge in [0.25, 0.3) is 5.91 Å². The van der Waals surface area contributed by atoms with Crippen LogP contribution in [0.4, 0.5) is 0 Å². The molecule has 25 heavy (non-hydrogen) atoms. The molecule has 3 rings (SSSR count). The summed E-state index contributed by atoms with van der Waals surface area (Å²) in [6.07, 6.45) is 4.56. The molecule has 2 atom stereocenters. The van der Waals surface area contributed by atoms with Crippen LogP contribution in [-0.4, -0.2) is 43.8 Å². The Bertz CT molecular complexity index is 590. The van der Waals surface area contributed by atoms with E-state index in [9.17, 15) is 9.59 Å². The second kappa shape index (κ2) is 8.34. The van der Waals surface area contributed by atoms with Gasteiger partial charge < -0.3 is 19.5 Å². The van der Waals surface area contributed by atoms with Gasteiger partial charge in [-0.3, -0.25) is 4.79 Å². The van der Waals surface area contributed by atoms with Crippen molar-refractivity contribution in [1.82, 2.24) is 5.32 Å². The van der Waals surface area contributed by atoms with E-state index in [0.717, 1.165) is 32.3 Å². The van der Waals surface area contributed by atoms with Gasteiger partial charge in [0.15, 0.2) is 6.61 Å². The average Bonchev–Trinajstić information content (AvgIpc) is 3.35. The Kier molecular flexibility index (Phi) is 5.91. The molecule has 1 saturated heterocycles. The highest BCUT2D eigenvalue weighted by Gasteiger charge is 2.29.